The number of nitrogens with one attached hydrogen (secondary N) is 2. The summed E-state index contributed by atoms with van der Waals surface area (Å²) in [5.74, 6) is 0.860. The van der Waals surface area contributed by atoms with E-state index < -0.39 is 0 Å². The lowest BCUT2D eigenvalue weighted by Crippen LogP contribution is -2.49. The molecule has 1 aliphatic carbocycles. The normalized spacial score (nSPS) is 19.8. The Morgan fingerprint density at radius 1 is 1.20 bits per heavy atom. The van der Waals surface area contributed by atoms with Crippen LogP contribution in [0.5, 0.6) is 5.75 Å². The van der Waals surface area contributed by atoms with Gasteiger partial charge in [-0.05, 0) is 49.8 Å². The number of ether oxygens (including phenoxy) is 1. The van der Waals surface area contributed by atoms with Gasteiger partial charge >= 0.3 is 6.03 Å². The molecule has 3 rings (SSSR count). The minimum absolute atomic E-state index is 0.0705. The molecule has 2 amide bonds. The Labute approximate surface area is 151 Å². The average molecular weight is 345 g/mol. The van der Waals surface area contributed by atoms with Crippen LogP contribution in [0.2, 0.25) is 0 Å². The number of amides is 2. The third-order valence-corrected chi connectivity index (χ3v) is 5.63. The molecular weight excluding hydrogens is 314 g/mol. The van der Waals surface area contributed by atoms with Gasteiger partial charge in [-0.1, -0.05) is 25.0 Å². The number of carbonyl (C=O) groups is 1. The summed E-state index contributed by atoms with van der Waals surface area (Å²) in [4.78, 5) is 14.8. The SMILES string of the molecule is COc1cc(CNC(=O)NC2CCN(C3CCCC3)CC2)ccc1C. The van der Waals surface area contributed by atoms with Gasteiger partial charge in [0.25, 0.3) is 0 Å². The highest BCUT2D eigenvalue weighted by Gasteiger charge is 2.27. The number of likely N-dealkylation sites (tertiary alicyclic amines) is 1. The van der Waals surface area contributed by atoms with Crippen LogP contribution in [0.15, 0.2) is 18.2 Å². The second-order valence-corrected chi connectivity index (χ2v) is 7.38. The molecule has 0 radical (unpaired) electrons. The second kappa shape index (κ2) is 8.56. The monoisotopic (exact) mass is 345 g/mol. The Balaban J connectivity index is 1.39. The number of nitrogens with zero attached hydrogens (tertiary/aromatic N) is 1. The van der Waals surface area contributed by atoms with Gasteiger partial charge in [0.05, 0.1) is 7.11 Å². The smallest absolute Gasteiger partial charge is 0.315 e. The molecule has 1 aromatic rings. The Morgan fingerprint density at radius 2 is 1.92 bits per heavy atom. The van der Waals surface area contributed by atoms with Crippen LogP contribution in [0.25, 0.3) is 0 Å². The Bertz CT molecular complexity index is 576. The first-order valence-corrected chi connectivity index (χ1v) is 9.57. The molecule has 25 heavy (non-hydrogen) atoms. The first kappa shape index (κ1) is 18.1. The van der Waals surface area contributed by atoms with Crippen LogP contribution in [0.4, 0.5) is 4.79 Å². The van der Waals surface area contributed by atoms with Gasteiger partial charge in [-0.2, -0.15) is 0 Å². The predicted molar refractivity (Wildman–Crippen MR) is 100.0 cm³/mol. The van der Waals surface area contributed by atoms with Crippen molar-refractivity contribution in [2.24, 2.45) is 0 Å². The maximum atomic E-state index is 12.2. The minimum Gasteiger partial charge on any atom is -0.496 e. The number of urea groups is 1. The molecule has 0 bridgehead atoms. The molecule has 0 spiro atoms. The van der Waals surface area contributed by atoms with Gasteiger partial charge in [-0.25, -0.2) is 4.79 Å². The molecule has 1 aromatic carbocycles. The van der Waals surface area contributed by atoms with Gasteiger partial charge in [-0.3, -0.25) is 0 Å². The number of piperidine rings is 1. The van der Waals surface area contributed by atoms with Gasteiger partial charge in [-0.15, -0.1) is 0 Å². The third-order valence-electron chi connectivity index (χ3n) is 5.63. The zero-order valence-electron chi connectivity index (χ0n) is 15.5. The van der Waals surface area contributed by atoms with Crippen LogP contribution in [-0.4, -0.2) is 43.2 Å². The number of carbonyl (C=O) groups excluding carboxylic acids is 1. The maximum absolute atomic E-state index is 12.2. The van der Waals surface area contributed by atoms with E-state index in [-0.39, 0.29) is 6.03 Å². The van der Waals surface area contributed by atoms with Crippen molar-refractivity contribution < 1.29 is 9.53 Å². The van der Waals surface area contributed by atoms with E-state index >= 15 is 0 Å². The van der Waals surface area contributed by atoms with Crippen molar-refractivity contribution in [3.63, 3.8) is 0 Å². The quantitative estimate of drug-likeness (QED) is 0.862. The van der Waals surface area contributed by atoms with Crippen LogP contribution < -0.4 is 15.4 Å². The van der Waals surface area contributed by atoms with Crippen molar-refractivity contribution in [1.82, 2.24) is 15.5 Å². The minimum atomic E-state index is -0.0705. The van der Waals surface area contributed by atoms with E-state index in [0.717, 1.165) is 48.8 Å². The highest BCUT2D eigenvalue weighted by molar-refractivity contribution is 5.74. The van der Waals surface area contributed by atoms with Crippen molar-refractivity contribution in [3.05, 3.63) is 29.3 Å². The van der Waals surface area contributed by atoms with Crippen molar-refractivity contribution in [2.45, 2.75) is 64.1 Å². The highest BCUT2D eigenvalue weighted by Crippen LogP contribution is 2.26. The first-order valence-electron chi connectivity index (χ1n) is 9.57. The fourth-order valence-electron chi connectivity index (χ4n) is 4.07. The van der Waals surface area contributed by atoms with Gasteiger partial charge in [0.15, 0.2) is 0 Å². The fourth-order valence-corrected chi connectivity index (χ4v) is 4.07. The van der Waals surface area contributed by atoms with Gasteiger partial charge in [0.1, 0.15) is 5.75 Å². The van der Waals surface area contributed by atoms with Gasteiger partial charge in [0, 0.05) is 31.7 Å². The van der Waals surface area contributed by atoms with Crippen molar-refractivity contribution in [2.75, 3.05) is 20.2 Å². The topological polar surface area (TPSA) is 53.6 Å². The van der Waals surface area contributed by atoms with E-state index in [2.05, 4.69) is 15.5 Å². The van der Waals surface area contributed by atoms with E-state index in [1.807, 2.05) is 25.1 Å². The van der Waals surface area contributed by atoms with Crippen LogP contribution in [-0.2, 0) is 6.54 Å². The molecule has 1 saturated heterocycles. The first-order chi connectivity index (χ1) is 12.2. The summed E-state index contributed by atoms with van der Waals surface area (Å²) in [6.07, 6.45) is 7.60. The van der Waals surface area contributed by atoms with Crippen molar-refractivity contribution in [3.8, 4) is 5.75 Å². The van der Waals surface area contributed by atoms with E-state index in [4.69, 9.17) is 4.74 Å². The van der Waals surface area contributed by atoms with E-state index in [9.17, 15) is 4.79 Å². The van der Waals surface area contributed by atoms with Gasteiger partial charge < -0.3 is 20.3 Å². The fraction of sp³-hybridized carbons (Fsp3) is 0.650. The Morgan fingerprint density at radius 3 is 2.60 bits per heavy atom. The molecule has 0 unspecified atom stereocenters. The standard InChI is InChI=1S/C20H31N3O2/c1-15-7-8-16(13-19(15)25-2)14-21-20(24)22-17-9-11-23(12-10-17)18-5-3-4-6-18/h7-8,13,17-18H,3-6,9-12,14H2,1-2H3,(H2,21,22,24). The summed E-state index contributed by atoms with van der Waals surface area (Å²) in [7, 11) is 1.67. The van der Waals surface area contributed by atoms with E-state index in [0.29, 0.717) is 12.6 Å². The van der Waals surface area contributed by atoms with Gasteiger partial charge in [0.2, 0.25) is 0 Å². The molecule has 2 fully saturated rings. The van der Waals surface area contributed by atoms with Crippen LogP contribution >= 0.6 is 0 Å². The number of aryl methyl sites for hydroxylation is 1. The molecule has 1 saturated carbocycles. The molecule has 5 heteroatoms. The summed E-state index contributed by atoms with van der Waals surface area (Å²) in [5.41, 5.74) is 2.15. The molecule has 2 aliphatic rings. The summed E-state index contributed by atoms with van der Waals surface area (Å²) in [6.45, 7) is 4.76. The van der Waals surface area contributed by atoms with Crippen molar-refractivity contribution in [1.29, 1.82) is 0 Å². The molecule has 0 aromatic heterocycles. The number of rotatable bonds is 5. The lowest BCUT2D eigenvalue weighted by Gasteiger charge is -2.36. The average Bonchev–Trinajstić information content (AvgIpc) is 3.16. The molecule has 1 heterocycles. The predicted octanol–water partition coefficient (Wildman–Crippen LogP) is 3.21. The third kappa shape index (κ3) is 4.88. The molecule has 0 atom stereocenters. The Kier molecular flexibility index (Phi) is 6.19. The zero-order chi connectivity index (χ0) is 17.6. The second-order valence-electron chi connectivity index (χ2n) is 7.38. The molecule has 138 valence electrons. The largest absolute Gasteiger partial charge is 0.496 e. The Hall–Kier alpha value is -1.75. The van der Waals surface area contributed by atoms with E-state index in [1.165, 1.54) is 25.7 Å². The van der Waals surface area contributed by atoms with Crippen LogP contribution in [0.1, 0.15) is 49.7 Å². The molecule has 2 N–H and O–H groups in total. The maximum Gasteiger partial charge on any atom is 0.315 e. The summed E-state index contributed by atoms with van der Waals surface area (Å²) in [5, 5.41) is 6.10. The number of hydrogen-bond acceptors (Lipinski definition) is 3. The van der Waals surface area contributed by atoms with Crippen LogP contribution in [0.3, 0.4) is 0 Å². The summed E-state index contributed by atoms with van der Waals surface area (Å²) >= 11 is 0. The molecule has 5 nitrogen and oxygen atoms in total. The number of methoxy groups -OCH3 is 1. The van der Waals surface area contributed by atoms with E-state index in [1.54, 1.807) is 7.11 Å². The summed E-state index contributed by atoms with van der Waals surface area (Å²) in [6, 6.07) is 7.05. The number of benzene rings is 1. The number of hydrogen-bond donors (Lipinski definition) is 2. The summed E-state index contributed by atoms with van der Waals surface area (Å²) < 4.78 is 5.33. The lowest BCUT2D eigenvalue weighted by atomic mass is 10.0. The molecular formula is C20H31N3O2. The highest BCUT2D eigenvalue weighted by atomic mass is 16.5. The molecule has 1 aliphatic heterocycles. The van der Waals surface area contributed by atoms with Crippen LogP contribution in [0, 0.1) is 6.92 Å². The lowest BCUT2D eigenvalue weighted by molar-refractivity contribution is 0.145. The van der Waals surface area contributed by atoms with Crippen molar-refractivity contribution >= 4 is 6.03 Å². The zero-order valence-corrected chi connectivity index (χ0v) is 15.5.